The van der Waals surface area contributed by atoms with Crippen molar-refractivity contribution in [2.24, 2.45) is 0 Å². The van der Waals surface area contributed by atoms with Gasteiger partial charge in [-0.2, -0.15) is 0 Å². The van der Waals surface area contributed by atoms with Crippen molar-refractivity contribution in [1.82, 2.24) is 0 Å². The van der Waals surface area contributed by atoms with E-state index in [4.69, 9.17) is 0 Å². The minimum Gasteiger partial charge on any atom is -0.390 e. The highest BCUT2D eigenvalue weighted by Crippen LogP contribution is 2.39. The van der Waals surface area contributed by atoms with E-state index in [9.17, 15) is 9.90 Å². The van der Waals surface area contributed by atoms with Gasteiger partial charge in [0.25, 0.3) is 0 Å². The van der Waals surface area contributed by atoms with Crippen LogP contribution >= 0.6 is 0 Å². The zero-order chi connectivity index (χ0) is 12.0. The summed E-state index contributed by atoms with van der Waals surface area (Å²) in [4.78, 5) is 13.3. The number of benzene rings is 1. The quantitative estimate of drug-likeness (QED) is 0.841. The van der Waals surface area contributed by atoms with Crippen LogP contribution in [0, 0.1) is 0 Å². The predicted octanol–water partition coefficient (Wildman–Crippen LogP) is 1.66. The summed E-state index contributed by atoms with van der Waals surface area (Å²) in [5.74, 6) is 0.103. The van der Waals surface area contributed by atoms with E-state index >= 15 is 0 Å². The molecule has 1 aromatic rings. The fourth-order valence-corrected chi connectivity index (χ4v) is 2.56. The Morgan fingerprint density at radius 3 is 2.88 bits per heavy atom. The van der Waals surface area contributed by atoms with Crippen molar-refractivity contribution >= 4 is 11.6 Å². The van der Waals surface area contributed by atoms with Crippen LogP contribution in [0.25, 0.3) is 0 Å². The SMILES string of the molecule is CC(=O)N1CCc2ccc(CC3(O)CC3)cc21. The minimum atomic E-state index is -0.464. The first-order valence-electron chi connectivity index (χ1n) is 6.20. The van der Waals surface area contributed by atoms with Gasteiger partial charge in [0, 0.05) is 25.6 Å². The molecule has 1 aliphatic carbocycles. The average Bonchev–Trinajstić information content (AvgIpc) is 2.85. The van der Waals surface area contributed by atoms with E-state index in [1.807, 2.05) is 4.90 Å². The summed E-state index contributed by atoms with van der Waals surface area (Å²) in [6.07, 6.45) is 3.46. The van der Waals surface area contributed by atoms with Gasteiger partial charge in [-0.1, -0.05) is 12.1 Å². The molecule has 1 N–H and O–H groups in total. The van der Waals surface area contributed by atoms with Crippen LogP contribution in [0.3, 0.4) is 0 Å². The molecule has 0 radical (unpaired) electrons. The van der Waals surface area contributed by atoms with Crippen molar-refractivity contribution in [2.75, 3.05) is 11.4 Å². The fraction of sp³-hybridized carbons (Fsp3) is 0.500. The summed E-state index contributed by atoms with van der Waals surface area (Å²) in [5, 5.41) is 9.93. The maximum Gasteiger partial charge on any atom is 0.223 e. The van der Waals surface area contributed by atoms with Crippen LogP contribution < -0.4 is 4.90 Å². The Morgan fingerprint density at radius 2 is 2.24 bits per heavy atom. The van der Waals surface area contributed by atoms with Gasteiger partial charge in [0.15, 0.2) is 0 Å². The maximum absolute atomic E-state index is 11.5. The molecule has 2 aliphatic rings. The van der Waals surface area contributed by atoms with Crippen molar-refractivity contribution < 1.29 is 9.90 Å². The van der Waals surface area contributed by atoms with Crippen molar-refractivity contribution in [3.8, 4) is 0 Å². The Balaban J connectivity index is 1.89. The monoisotopic (exact) mass is 231 g/mol. The lowest BCUT2D eigenvalue weighted by Gasteiger charge is -2.16. The average molecular weight is 231 g/mol. The van der Waals surface area contributed by atoms with Gasteiger partial charge < -0.3 is 10.0 Å². The number of fused-ring (bicyclic) bond motifs is 1. The third kappa shape index (κ3) is 1.95. The van der Waals surface area contributed by atoms with Crippen LogP contribution in [-0.2, 0) is 17.6 Å². The number of nitrogens with zero attached hydrogens (tertiary/aromatic N) is 1. The summed E-state index contributed by atoms with van der Waals surface area (Å²) >= 11 is 0. The number of rotatable bonds is 2. The van der Waals surface area contributed by atoms with E-state index in [1.165, 1.54) is 5.56 Å². The number of aliphatic hydroxyl groups is 1. The van der Waals surface area contributed by atoms with Gasteiger partial charge in [-0.25, -0.2) is 0 Å². The van der Waals surface area contributed by atoms with Crippen molar-refractivity contribution in [3.05, 3.63) is 29.3 Å². The van der Waals surface area contributed by atoms with Crippen LogP contribution in [0.5, 0.6) is 0 Å². The van der Waals surface area contributed by atoms with Gasteiger partial charge in [0.1, 0.15) is 0 Å². The van der Waals surface area contributed by atoms with Gasteiger partial charge >= 0.3 is 0 Å². The van der Waals surface area contributed by atoms with Crippen molar-refractivity contribution in [3.63, 3.8) is 0 Å². The highest BCUT2D eigenvalue weighted by Gasteiger charge is 2.40. The molecule has 3 heteroatoms. The first kappa shape index (κ1) is 10.8. The van der Waals surface area contributed by atoms with Gasteiger partial charge in [-0.3, -0.25) is 4.79 Å². The molecule has 0 saturated heterocycles. The number of amides is 1. The largest absolute Gasteiger partial charge is 0.390 e. The van der Waals surface area contributed by atoms with Gasteiger partial charge in [-0.15, -0.1) is 0 Å². The molecule has 0 unspecified atom stereocenters. The Bertz CT molecular complexity index is 477. The van der Waals surface area contributed by atoms with Gasteiger partial charge in [-0.05, 0) is 36.5 Å². The predicted molar refractivity (Wildman–Crippen MR) is 66.1 cm³/mol. The Kier molecular flexibility index (Phi) is 2.26. The molecule has 3 nitrogen and oxygen atoms in total. The molecule has 1 aromatic carbocycles. The Morgan fingerprint density at radius 1 is 1.47 bits per heavy atom. The van der Waals surface area contributed by atoms with E-state index in [0.29, 0.717) is 6.42 Å². The summed E-state index contributed by atoms with van der Waals surface area (Å²) in [5.41, 5.74) is 2.95. The normalized spacial score (nSPS) is 20.2. The molecular formula is C14H17NO2. The molecular weight excluding hydrogens is 214 g/mol. The first-order valence-corrected chi connectivity index (χ1v) is 6.20. The Hall–Kier alpha value is -1.35. The molecule has 0 atom stereocenters. The maximum atomic E-state index is 11.5. The lowest BCUT2D eigenvalue weighted by atomic mass is 10.0. The van der Waals surface area contributed by atoms with Crippen LogP contribution in [-0.4, -0.2) is 23.2 Å². The minimum absolute atomic E-state index is 0.103. The molecule has 1 fully saturated rings. The highest BCUT2D eigenvalue weighted by atomic mass is 16.3. The van der Waals surface area contributed by atoms with E-state index in [0.717, 1.165) is 37.1 Å². The first-order chi connectivity index (χ1) is 8.07. The molecule has 1 saturated carbocycles. The van der Waals surface area contributed by atoms with E-state index in [-0.39, 0.29) is 5.91 Å². The summed E-state index contributed by atoms with van der Waals surface area (Å²) in [6.45, 7) is 2.40. The molecule has 1 heterocycles. The van der Waals surface area contributed by atoms with Crippen LogP contribution in [0.1, 0.15) is 30.9 Å². The number of anilines is 1. The molecule has 1 amide bonds. The second-order valence-corrected chi connectivity index (χ2v) is 5.28. The molecule has 17 heavy (non-hydrogen) atoms. The van der Waals surface area contributed by atoms with Crippen LogP contribution in [0.2, 0.25) is 0 Å². The van der Waals surface area contributed by atoms with Crippen molar-refractivity contribution in [1.29, 1.82) is 0 Å². The highest BCUT2D eigenvalue weighted by molar-refractivity contribution is 5.93. The Labute approximate surface area is 101 Å². The second-order valence-electron chi connectivity index (χ2n) is 5.28. The van der Waals surface area contributed by atoms with Gasteiger partial charge in [0.05, 0.1) is 5.60 Å². The fourth-order valence-electron chi connectivity index (χ4n) is 2.56. The number of hydrogen-bond donors (Lipinski definition) is 1. The molecule has 90 valence electrons. The molecule has 0 bridgehead atoms. The molecule has 0 spiro atoms. The van der Waals surface area contributed by atoms with E-state index < -0.39 is 5.60 Å². The third-order valence-corrected chi connectivity index (χ3v) is 3.79. The summed E-state index contributed by atoms with van der Waals surface area (Å²) in [7, 11) is 0. The number of carbonyl (C=O) groups is 1. The van der Waals surface area contributed by atoms with Crippen LogP contribution in [0.4, 0.5) is 5.69 Å². The lowest BCUT2D eigenvalue weighted by molar-refractivity contribution is -0.116. The number of hydrogen-bond acceptors (Lipinski definition) is 2. The molecule has 1 aliphatic heterocycles. The summed E-state index contributed by atoms with van der Waals surface area (Å²) in [6, 6.07) is 6.25. The molecule has 3 rings (SSSR count). The van der Waals surface area contributed by atoms with Crippen molar-refractivity contribution in [2.45, 2.75) is 38.2 Å². The smallest absolute Gasteiger partial charge is 0.223 e. The second kappa shape index (κ2) is 3.57. The van der Waals surface area contributed by atoms with E-state index in [1.54, 1.807) is 6.92 Å². The molecule has 0 aromatic heterocycles. The summed E-state index contributed by atoms with van der Waals surface area (Å²) < 4.78 is 0. The van der Waals surface area contributed by atoms with Gasteiger partial charge in [0.2, 0.25) is 5.91 Å². The lowest BCUT2D eigenvalue weighted by Crippen LogP contribution is -2.25. The standard InChI is InChI=1S/C14H17NO2/c1-10(16)15-7-4-12-3-2-11(8-13(12)15)9-14(17)5-6-14/h2-3,8,17H,4-7,9H2,1H3. The van der Waals surface area contributed by atoms with Crippen LogP contribution in [0.15, 0.2) is 18.2 Å². The number of carbonyl (C=O) groups excluding carboxylic acids is 1. The zero-order valence-electron chi connectivity index (χ0n) is 10.1. The topological polar surface area (TPSA) is 40.5 Å². The third-order valence-electron chi connectivity index (χ3n) is 3.79. The zero-order valence-corrected chi connectivity index (χ0v) is 10.1. The van der Waals surface area contributed by atoms with E-state index in [2.05, 4.69) is 18.2 Å².